The van der Waals surface area contributed by atoms with E-state index in [-0.39, 0.29) is 5.82 Å². The maximum atomic E-state index is 13.4. The number of halogens is 1. The Kier molecular flexibility index (Phi) is 3.61. The molecular weight excluding hydrogens is 211 g/mol. The molecule has 0 aromatic heterocycles. The number of rotatable bonds is 2. The zero-order valence-electron chi connectivity index (χ0n) is 8.56. The molecule has 2 nitrogen and oxygen atoms in total. The zero-order chi connectivity index (χ0) is 10.7. The van der Waals surface area contributed by atoms with Crippen molar-refractivity contribution < 1.29 is 4.39 Å². The van der Waals surface area contributed by atoms with Gasteiger partial charge in [0.15, 0.2) is 0 Å². The first-order chi connectivity index (χ1) is 7.25. The van der Waals surface area contributed by atoms with E-state index in [0.29, 0.717) is 6.54 Å². The van der Waals surface area contributed by atoms with Gasteiger partial charge in [0.05, 0.1) is 0 Å². The van der Waals surface area contributed by atoms with Crippen molar-refractivity contribution in [3.05, 3.63) is 35.6 Å². The van der Waals surface area contributed by atoms with Crippen molar-refractivity contribution in [3.8, 4) is 0 Å². The van der Waals surface area contributed by atoms with Crippen LogP contribution in [0.3, 0.4) is 0 Å². The van der Waals surface area contributed by atoms with E-state index in [1.807, 2.05) is 16.4 Å². The monoisotopic (exact) mass is 226 g/mol. The molecule has 82 valence electrons. The second kappa shape index (κ2) is 4.96. The summed E-state index contributed by atoms with van der Waals surface area (Å²) in [5, 5.41) is 0. The fourth-order valence-corrected chi connectivity index (χ4v) is 1.94. The van der Waals surface area contributed by atoms with E-state index in [2.05, 4.69) is 17.7 Å². The smallest absolute Gasteiger partial charge is 0.127 e. The summed E-state index contributed by atoms with van der Waals surface area (Å²) in [7, 11) is 0. The largest absolute Gasteiger partial charge is 0.296 e. The topological polar surface area (TPSA) is 6.48 Å². The lowest BCUT2D eigenvalue weighted by Crippen LogP contribution is -2.41. The molecule has 0 radical (unpaired) electrons. The Bertz CT molecular complexity index is 324. The zero-order valence-corrected chi connectivity index (χ0v) is 9.46. The summed E-state index contributed by atoms with van der Waals surface area (Å²) in [6.45, 7) is 4.50. The molecular formula is C11H15FN2S. The molecule has 2 rings (SSSR count). The predicted octanol–water partition coefficient (Wildman–Crippen LogP) is 1.79. The Morgan fingerprint density at radius 3 is 2.47 bits per heavy atom. The molecule has 1 heterocycles. The minimum Gasteiger partial charge on any atom is -0.296 e. The highest BCUT2D eigenvalue weighted by atomic mass is 32.1. The number of thiol groups is 1. The highest BCUT2D eigenvalue weighted by Gasteiger charge is 2.15. The lowest BCUT2D eigenvalue weighted by Gasteiger charge is -2.31. The van der Waals surface area contributed by atoms with Gasteiger partial charge in [-0.05, 0) is 6.07 Å². The third-order valence-corrected chi connectivity index (χ3v) is 3.10. The molecule has 0 saturated carbocycles. The molecule has 0 aliphatic carbocycles. The lowest BCUT2D eigenvalue weighted by molar-refractivity contribution is 0.188. The maximum absolute atomic E-state index is 13.4. The second-order valence-corrected chi connectivity index (χ2v) is 4.39. The van der Waals surface area contributed by atoms with Crippen molar-refractivity contribution in [2.24, 2.45) is 0 Å². The Hall–Kier alpha value is -0.580. The number of benzene rings is 1. The number of hydrogen-bond acceptors (Lipinski definition) is 3. The fourth-order valence-electron chi connectivity index (χ4n) is 1.76. The summed E-state index contributed by atoms with van der Waals surface area (Å²) < 4.78 is 15.4. The van der Waals surface area contributed by atoms with Crippen molar-refractivity contribution >= 4 is 12.8 Å². The van der Waals surface area contributed by atoms with E-state index in [4.69, 9.17) is 0 Å². The van der Waals surface area contributed by atoms with Crippen LogP contribution in [0.4, 0.5) is 4.39 Å². The average Bonchev–Trinajstić information content (AvgIpc) is 2.25. The summed E-state index contributed by atoms with van der Waals surface area (Å²) in [6, 6.07) is 6.98. The Morgan fingerprint density at radius 2 is 1.80 bits per heavy atom. The Balaban J connectivity index is 1.95. The lowest BCUT2D eigenvalue weighted by atomic mass is 10.2. The number of piperazine rings is 1. The molecule has 1 fully saturated rings. The van der Waals surface area contributed by atoms with Crippen LogP contribution in [0.1, 0.15) is 5.56 Å². The van der Waals surface area contributed by atoms with E-state index >= 15 is 0 Å². The van der Waals surface area contributed by atoms with Gasteiger partial charge in [-0.25, -0.2) is 4.39 Å². The van der Waals surface area contributed by atoms with Gasteiger partial charge in [0.1, 0.15) is 5.82 Å². The Morgan fingerprint density at radius 1 is 1.13 bits per heavy atom. The van der Waals surface area contributed by atoms with Crippen LogP contribution in [0.15, 0.2) is 24.3 Å². The molecule has 4 heteroatoms. The SMILES string of the molecule is Fc1ccccc1CN1CCN(S)CC1. The van der Waals surface area contributed by atoms with Crippen LogP contribution in [0, 0.1) is 5.82 Å². The van der Waals surface area contributed by atoms with Gasteiger partial charge in [-0.15, -0.1) is 0 Å². The van der Waals surface area contributed by atoms with Crippen LogP contribution < -0.4 is 0 Å². The van der Waals surface area contributed by atoms with Crippen molar-refractivity contribution in [1.29, 1.82) is 0 Å². The van der Waals surface area contributed by atoms with E-state index < -0.39 is 0 Å². The standard InChI is InChI=1S/C11H15FN2S/c12-11-4-2-1-3-10(11)9-13-5-7-14(15)8-6-13/h1-4,15H,5-9H2. The third kappa shape index (κ3) is 2.93. The van der Waals surface area contributed by atoms with Gasteiger partial charge >= 0.3 is 0 Å². The van der Waals surface area contributed by atoms with Gasteiger partial charge in [-0.3, -0.25) is 9.21 Å². The molecule has 1 saturated heterocycles. The van der Waals surface area contributed by atoms with Crippen LogP contribution in [0.25, 0.3) is 0 Å². The van der Waals surface area contributed by atoms with Gasteiger partial charge in [0.2, 0.25) is 0 Å². The molecule has 0 atom stereocenters. The summed E-state index contributed by atoms with van der Waals surface area (Å²) in [5.41, 5.74) is 0.783. The molecule has 0 bridgehead atoms. The van der Waals surface area contributed by atoms with Crippen molar-refractivity contribution in [2.45, 2.75) is 6.54 Å². The molecule has 1 aromatic carbocycles. The average molecular weight is 226 g/mol. The highest BCUT2D eigenvalue weighted by Crippen LogP contribution is 2.12. The molecule has 1 aliphatic heterocycles. The normalized spacial score (nSPS) is 19.3. The molecule has 1 aliphatic rings. The molecule has 0 spiro atoms. The molecule has 0 N–H and O–H groups in total. The van der Waals surface area contributed by atoms with E-state index in [0.717, 1.165) is 31.7 Å². The summed E-state index contributed by atoms with van der Waals surface area (Å²) in [6.07, 6.45) is 0. The van der Waals surface area contributed by atoms with E-state index in [1.54, 1.807) is 6.07 Å². The maximum Gasteiger partial charge on any atom is 0.127 e. The summed E-state index contributed by atoms with van der Waals surface area (Å²) >= 11 is 4.28. The molecule has 0 amide bonds. The first-order valence-corrected chi connectivity index (χ1v) is 5.55. The highest BCUT2D eigenvalue weighted by molar-refractivity contribution is 7.77. The van der Waals surface area contributed by atoms with Crippen LogP contribution in [0.2, 0.25) is 0 Å². The Labute approximate surface area is 95.2 Å². The van der Waals surface area contributed by atoms with Gasteiger partial charge in [-0.2, -0.15) is 0 Å². The predicted molar refractivity (Wildman–Crippen MR) is 62.2 cm³/mol. The second-order valence-electron chi connectivity index (χ2n) is 3.82. The van der Waals surface area contributed by atoms with Crippen molar-refractivity contribution in [2.75, 3.05) is 26.2 Å². The van der Waals surface area contributed by atoms with Crippen LogP contribution in [0.5, 0.6) is 0 Å². The molecule has 15 heavy (non-hydrogen) atoms. The van der Waals surface area contributed by atoms with Crippen LogP contribution >= 0.6 is 12.8 Å². The molecule has 0 unspecified atom stereocenters. The van der Waals surface area contributed by atoms with Gasteiger partial charge in [0.25, 0.3) is 0 Å². The van der Waals surface area contributed by atoms with E-state index in [1.165, 1.54) is 6.07 Å². The number of hydrogen-bond donors (Lipinski definition) is 1. The van der Waals surface area contributed by atoms with Crippen LogP contribution in [-0.2, 0) is 6.54 Å². The minimum atomic E-state index is -0.106. The first kappa shape index (κ1) is 10.9. The van der Waals surface area contributed by atoms with Gasteiger partial charge < -0.3 is 0 Å². The first-order valence-electron chi connectivity index (χ1n) is 5.15. The van der Waals surface area contributed by atoms with Crippen LogP contribution in [-0.4, -0.2) is 35.4 Å². The summed E-state index contributed by atoms with van der Waals surface area (Å²) in [4.78, 5) is 2.26. The van der Waals surface area contributed by atoms with Crippen molar-refractivity contribution in [3.63, 3.8) is 0 Å². The minimum absolute atomic E-state index is 0.106. The van der Waals surface area contributed by atoms with Gasteiger partial charge in [-0.1, -0.05) is 31.0 Å². The number of nitrogens with zero attached hydrogens (tertiary/aromatic N) is 2. The van der Waals surface area contributed by atoms with Gasteiger partial charge in [0, 0.05) is 38.3 Å². The summed E-state index contributed by atoms with van der Waals surface area (Å²) in [5.74, 6) is -0.106. The van der Waals surface area contributed by atoms with Crippen molar-refractivity contribution in [1.82, 2.24) is 9.21 Å². The molecule has 1 aromatic rings. The van der Waals surface area contributed by atoms with E-state index in [9.17, 15) is 4.39 Å². The third-order valence-electron chi connectivity index (χ3n) is 2.70. The quantitative estimate of drug-likeness (QED) is 0.768. The fraction of sp³-hybridized carbons (Fsp3) is 0.455.